The zero-order chi connectivity index (χ0) is 15.5. The lowest BCUT2D eigenvalue weighted by molar-refractivity contribution is -0.134. The van der Waals surface area contributed by atoms with Gasteiger partial charge in [-0.2, -0.15) is 0 Å². The molecule has 0 N–H and O–H groups in total. The van der Waals surface area contributed by atoms with E-state index < -0.39 is 0 Å². The summed E-state index contributed by atoms with van der Waals surface area (Å²) in [6.07, 6.45) is 2.23. The van der Waals surface area contributed by atoms with E-state index >= 15 is 0 Å². The SMILES string of the molecule is CO[C@H](C)CC(=O)N1CCC(c2nc3ccccc3o2)CC1. The molecule has 1 atom stereocenters. The van der Waals surface area contributed by atoms with Crippen LogP contribution in [0.2, 0.25) is 0 Å². The van der Waals surface area contributed by atoms with Crippen LogP contribution in [0, 0.1) is 0 Å². The van der Waals surface area contributed by atoms with Gasteiger partial charge in [0.25, 0.3) is 0 Å². The van der Waals surface area contributed by atoms with Gasteiger partial charge in [-0.3, -0.25) is 4.79 Å². The summed E-state index contributed by atoms with van der Waals surface area (Å²) in [7, 11) is 1.64. The molecular formula is C17H22N2O3. The van der Waals surface area contributed by atoms with Crippen LogP contribution in [0.15, 0.2) is 28.7 Å². The molecule has 2 heterocycles. The normalized spacial score (nSPS) is 17.8. The van der Waals surface area contributed by atoms with E-state index in [9.17, 15) is 4.79 Å². The van der Waals surface area contributed by atoms with Gasteiger partial charge in [0.2, 0.25) is 5.91 Å². The number of hydrogen-bond donors (Lipinski definition) is 0. The molecule has 1 aromatic carbocycles. The number of benzene rings is 1. The first-order chi connectivity index (χ1) is 10.7. The summed E-state index contributed by atoms with van der Waals surface area (Å²) in [6.45, 7) is 3.44. The van der Waals surface area contributed by atoms with Gasteiger partial charge in [0.1, 0.15) is 5.52 Å². The van der Waals surface area contributed by atoms with Gasteiger partial charge in [0.05, 0.1) is 12.5 Å². The minimum atomic E-state index is -0.0257. The van der Waals surface area contributed by atoms with Gasteiger partial charge in [0, 0.05) is 26.1 Å². The molecule has 0 saturated carbocycles. The molecular weight excluding hydrogens is 280 g/mol. The molecule has 2 aromatic rings. The van der Waals surface area contributed by atoms with E-state index in [1.54, 1.807) is 7.11 Å². The third kappa shape index (κ3) is 3.14. The van der Waals surface area contributed by atoms with Crippen molar-refractivity contribution in [3.63, 3.8) is 0 Å². The fourth-order valence-corrected chi connectivity index (χ4v) is 2.90. The lowest BCUT2D eigenvalue weighted by Crippen LogP contribution is -2.39. The standard InChI is InChI=1S/C17H22N2O3/c1-12(21-2)11-16(20)19-9-7-13(8-10-19)17-18-14-5-3-4-6-15(14)22-17/h3-6,12-13H,7-11H2,1-2H3/t12-/m1/s1. The molecule has 118 valence electrons. The van der Waals surface area contributed by atoms with Gasteiger partial charge >= 0.3 is 0 Å². The molecule has 0 aliphatic carbocycles. The van der Waals surface area contributed by atoms with Gasteiger partial charge < -0.3 is 14.1 Å². The number of hydrogen-bond acceptors (Lipinski definition) is 4. The van der Waals surface area contributed by atoms with Gasteiger partial charge in [-0.05, 0) is 31.9 Å². The largest absolute Gasteiger partial charge is 0.440 e. The average molecular weight is 302 g/mol. The van der Waals surface area contributed by atoms with Crippen molar-refractivity contribution < 1.29 is 13.9 Å². The van der Waals surface area contributed by atoms with E-state index in [-0.39, 0.29) is 12.0 Å². The fraction of sp³-hybridized carbons (Fsp3) is 0.529. The second kappa shape index (κ2) is 6.48. The summed E-state index contributed by atoms with van der Waals surface area (Å²) in [5.74, 6) is 1.28. The van der Waals surface area contributed by atoms with Crippen LogP contribution in [-0.2, 0) is 9.53 Å². The molecule has 1 aromatic heterocycles. The second-order valence-corrected chi connectivity index (χ2v) is 5.93. The topological polar surface area (TPSA) is 55.6 Å². The molecule has 1 saturated heterocycles. The van der Waals surface area contributed by atoms with E-state index in [1.807, 2.05) is 36.1 Å². The number of aromatic nitrogens is 1. The molecule has 5 nitrogen and oxygen atoms in total. The monoisotopic (exact) mass is 302 g/mol. The molecule has 22 heavy (non-hydrogen) atoms. The highest BCUT2D eigenvalue weighted by Crippen LogP contribution is 2.30. The molecule has 0 unspecified atom stereocenters. The molecule has 1 fully saturated rings. The van der Waals surface area contributed by atoms with Crippen LogP contribution in [0.4, 0.5) is 0 Å². The van der Waals surface area contributed by atoms with Crippen LogP contribution in [0.3, 0.4) is 0 Å². The van der Waals surface area contributed by atoms with E-state index in [1.165, 1.54) is 0 Å². The Kier molecular flexibility index (Phi) is 4.43. The Balaban J connectivity index is 1.60. The number of methoxy groups -OCH3 is 1. The van der Waals surface area contributed by atoms with Crippen LogP contribution in [-0.4, -0.2) is 42.1 Å². The van der Waals surface area contributed by atoms with Crippen molar-refractivity contribution in [1.29, 1.82) is 0 Å². The third-order valence-electron chi connectivity index (χ3n) is 4.37. The van der Waals surface area contributed by atoms with Crippen molar-refractivity contribution in [3.05, 3.63) is 30.2 Å². The number of fused-ring (bicyclic) bond motifs is 1. The smallest absolute Gasteiger partial charge is 0.225 e. The number of carbonyl (C=O) groups is 1. The van der Waals surface area contributed by atoms with Gasteiger partial charge in [-0.1, -0.05) is 12.1 Å². The Morgan fingerprint density at radius 1 is 1.41 bits per heavy atom. The van der Waals surface area contributed by atoms with Crippen LogP contribution in [0.5, 0.6) is 0 Å². The highest BCUT2D eigenvalue weighted by molar-refractivity contribution is 5.76. The fourth-order valence-electron chi connectivity index (χ4n) is 2.90. The second-order valence-electron chi connectivity index (χ2n) is 5.93. The Morgan fingerprint density at radius 3 is 2.82 bits per heavy atom. The van der Waals surface area contributed by atoms with E-state index in [2.05, 4.69) is 4.98 Å². The van der Waals surface area contributed by atoms with E-state index in [4.69, 9.17) is 9.15 Å². The number of ether oxygens (including phenoxy) is 1. The maximum Gasteiger partial charge on any atom is 0.225 e. The third-order valence-corrected chi connectivity index (χ3v) is 4.37. The highest BCUT2D eigenvalue weighted by Gasteiger charge is 2.27. The Bertz CT molecular complexity index is 611. The van der Waals surface area contributed by atoms with Crippen molar-refractivity contribution in [2.75, 3.05) is 20.2 Å². The number of piperidine rings is 1. The number of likely N-dealkylation sites (tertiary alicyclic amines) is 1. The predicted molar refractivity (Wildman–Crippen MR) is 83.7 cm³/mol. The molecule has 1 aliphatic heterocycles. The molecule has 0 radical (unpaired) electrons. The molecule has 0 bridgehead atoms. The summed E-state index contributed by atoms with van der Waals surface area (Å²) in [5, 5.41) is 0. The minimum absolute atomic E-state index is 0.0257. The number of nitrogens with zero attached hydrogens (tertiary/aromatic N) is 2. The van der Waals surface area contributed by atoms with Crippen LogP contribution in [0.1, 0.15) is 38.0 Å². The van der Waals surface area contributed by atoms with E-state index in [0.717, 1.165) is 42.9 Å². The van der Waals surface area contributed by atoms with Gasteiger partial charge in [-0.15, -0.1) is 0 Å². The molecule has 3 rings (SSSR count). The zero-order valence-electron chi connectivity index (χ0n) is 13.1. The first-order valence-electron chi connectivity index (χ1n) is 7.83. The number of carbonyl (C=O) groups excluding carboxylic acids is 1. The molecule has 5 heteroatoms. The Hall–Kier alpha value is -1.88. The Labute approximate surface area is 130 Å². The highest BCUT2D eigenvalue weighted by atomic mass is 16.5. The van der Waals surface area contributed by atoms with Crippen molar-refractivity contribution >= 4 is 17.0 Å². The summed E-state index contributed by atoms with van der Waals surface area (Å²) in [4.78, 5) is 18.7. The van der Waals surface area contributed by atoms with Crippen LogP contribution < -0.4 is 0 Å². The summed E-state index contributed by atoms with van der Waals surface area (Å²) >= 11 is 0. The number of oxazole rings is 1. The summed E-state index contributed by atoms with van der Waals surface area (Å²) in [5.41, 5.74) is 1.75. The Morgan fingerprint density at radius 2 is 2.14 bits per heavy atom. The number of rotatable bonds is 4. The molecule has 1 aliphatic rings. The first-order valence-corrected chi connectivity index (χ1v) is 7.83. The molecule has 1 amide bonds. The van der Waals surface area contributed by atoms with Crippen molar-refractivity contribution in [2.45, 2.75) is 38.2 Å². The zero-order valence-corrected chi connectivity index (χ0v) is 13.1. The van der Waals surface area contributed by atoms with Gasteiger partial charge in [-0.25, -0.2) is 4.98 Å². The quantitative estimate of drug-likeness (QED) is 0.871. The summed E-state index contributed by atoms with van der Waals surface area (Å²) < 4.78 is 11.0. The lowest BCUT2D eigenvalue weighted by Gasteiger charge is -2.31. The predicted octanol–water partition coefficient (Wildman–Crippen LogP) is 2.96. The number of para-hydroxylation sites is 2. The summed E-state index contributed by atoms with van der Waals surface area (Å²) in [6, 6.07) is 7.83. The molecule has 0 spiro atoms. The van der Waals surface area contributed by atoms with Crippen molar-refractivity contribution in [1.82, 2.24) is 9.88 Å². The average Bonchev–Trinajstić information content (AvgIpc) is 2.98. The van der Waals surface area contributed by atoms with Crippen LogP contribution in [0.25, 0.3) is 11.1 Å². The maximum atomic E-state index is 12.2. The number of amides is 1. The minimum Gasteiger partial charge on any atom is -0.440 e. The lowest BCUT2D eigenvalue weighted by atomic mass is 9.96. The van der Waals surface area contributed by atoms with Crippen molar-refractivity contribution in [3.8, 4) is 0 Å². The first kappa shape index (κ1) is 15.0. The maximum absolute atomic E-state index is 12.2. The van der Waals surface area contributed by atoms with Crippen molar-refractivity contribution in [2.24, 2.45) is 0 Å². The van der Waals surface area contributed by atoms with E-state index in [0.29, 0.717) is 12.3 Å². The van der Waals surface area contributed by atoms with Gasteiger partial charge in [0.15, 0.2) is 11.5 Å². The van der Waals surface area contributed by atoms with Crippen LogP contribution >= 0.6 is 0 Å².